The predicted octanol–water partition coefficient (Wildman–Crippen LogP) is 3.31. The van der Waals surface area contributed by atoms with Crippen LogP contribution in [0, 0.1) is 0 Å². The monoisotopic (exact) mass is 345 g/mol. The van der Waals surface area contributed by atoms with Crippen molar-refractivity contribution >= 4 is 11.8 Å². The highest BCUT2D eigenvalue weighted by Crippen LogP contribution is 2.37. The van der Waals surface area contributed by atoms with Crippen LogP contribution in [0.4, 0.5) is 0 Å². The van der Waals surface area contributed by atoms with Crippen molar-refractivity contribution in [2.75, 3.05) is 25.3 Å². The van der Waals surface area contributed by atoms with Gasteiger partial charge in [0.2, 0.25) is 6.79 Å². The smallest absolute Gasteiger partial charge is 0.231 e. The first-order chi connectivity index (χ1) is 11.8. The quantitative estimate of drug-likeness (QED) is 0.901. The van der Waals surface area contributed by atoms with E-state index < -0.39 is 0 Å². The molecule has 2 aromatic rings. The van der Waals surface area contributed by atoms with Crippen LogP contribution in [0.25, 0.3) is 11.3 Å². The highest BCUT2D eigenvalue weighted by Gasteiger charge is 2.26. The first-order valence-corrected chi connectivity index (χ1v) is 9.84. The lowest BCUT2D eigenvalue weighted by molar-refractivity contribution is 0.174. The number of ether oxygens (including phenoxy) is 2. The fourth-order valence-electron chi connectivity index (χ4n) is 3.45. The topological polar surface area (TPSA) is 50.4 Å². The lowest BCUT2D eigenvalue weighted by Gasteiger charge is -2.32. The lowest BCUT2D eigenvalue weighted by Crippen LogP contribution is -2.37. The third-order valence-electron chi connectivity index (χ3n) is 4.97. The van der Waals surface area contributed by atoms with E-state index in [1.54, 1.807) is 0 Å². The van der Waals surface area contributed by atoms with Crippen LogP contribution in [0.15, 0.2) is 18.2 Å². The molecular formula is C18H23N3O2S. The van der Waals surface area contributed by atoms with Gasteiger partial charge in [0, 0.05) is 42.4 Å². The van der Waals surface area contributed by atoms with Crippen LogP contribution in [0.5, 0.6) is 11.5 Å². The van der Waals surface area contributed by atoms with Gasteiger partial charge >= 0.3 is 0 Å². The Morgan fingerprint density at radius 3 is 3.08 bits per heavy atom. The average Bonchev–Trinajstić information content (AvgIpc) is 3.24. The number of aromatic nitrogens is 2. The normalized spacial score (nSPS) is 17.8. The van der Waals surface area contributed by atoms with Gasteiger partial charge in [-0.15, -0.1) is 0 Å². The second-order valence-electron chi connectivity index (χ2n) is 6.45. The van der Waals surface area contributed by atoms with E-state index in [2.05, 4.69) is 34.3 Å². The summed E-state index contributed by atoms with van der Waals surface area (Å²) in [6.07, 6.45) is 4.44. The van der Waals surface area contributed by atoms with Crippen molar-refractivity contribution in [1.82, 2.24) is 15.1 Å². The van der Waals surface area contributed by atoms with Crippen molar-refractivity contribution in [3.8, 4) is 22.8 Å². The highest BCUT2D eigenvalue weighted by molar-refractivity contribution is 7.98. The maximum absolute atomic E-state index is 5.51. The van der Waals surface area contributed by atoms with Crippen molar-refractivity contribution < 1.29 is 9.47 Å². The molecule has 1 aromatic heterocycles. The number of nitrogens with one attached hydrogen (secondary N) is 1. The third-order valence-corrected chi connectivity index (χ3v) is 5.62. The van der Waals surface area contributed by atoms with Crippen molar-refractivity contribution in [2.24, 2.45) is 0 Å². The molecule has 2 aliphatic rings. The van der Waals surface area contributed by atoms with Gasteiger partial charge in [0.15, 0.2) is 11.5 Å². The maximum atomic E-state index is 5.51. The van der Waals surface area contributed by atoms with Crippen LogP contribution in [0.1, 0.15) is 24.6 Å². The lowest BCUT2D eigenvalue weighted by atomic mass is 9.99. The standard InChI is InChI=1S/C18H23N3O2S/c1-12(6-8-24-2)21-7-5-15-14(10-21)18(20-19-15)13-3-4-16-17(9-13)23-11-22-16/h3-4,9,12H,5-8,10-11H2,1-2H3,(H,19,20)/t12-/m1/s1. The molecule has 0 saturated carbocycles. The van der Waals surface area contributed by atoms with E-state index in [0.717, 1.165) is 42.3 Å². The number of rotatable bonds is 5. The summed E-state index contributed by atoms with van der Waals surface area (Å²) >= 11 is 1.92. The number of nitrogens with zero attached hydrogens (tertiary/aromatic N) is 2. The summed E-state index contributed by atoms with van der Waals surface area (Å²) in [5, 5.41) is 7.84. The molecule has 0 aliphatic carbocycles. The minimum atomic E-state index is 0.304. The zero-order valence-electron chi connectivity index (χ0n) is 14.2. The molecule has 0 bridgehead atoms. The molecule has 0 amide bonds. The zero-order valence-corrected chi connectivity index (χ0v) is 15.0. The molecule has 0 unspecified atom stereocenters. The fourth-order valence-corrected chi connectivity index (χ4v) is 4.02. The summed E-state index contributed by atoms with van der Waals surface area (Å²) in [7, 11) is 0. The van der Waals surface area contributed by atoms with Gasteiger partial charge in [0.05, 0.1) is 5.69 Å². The largest absolute Gasteiger partial charge is 0.454 e. The Bertz CT molecular complexity index is 731. The van der Waals surface area contributed by atoms with Crippen molar-refractivity contribution in [3.05, 3.63) is 29.5 Å². The summed E-state index contributed by atoms with van der Waals surface area (Å²) in [6, 6.07) is 6.68. The Morgan fingerprint density at radius 1 is 1.33 bits per heavy atom. The number of hydrogen-bond donors (Lipinski definition) is 1. The summed E-state index contributed by atoms with van der Waals surface area (Å²) in [6.45, 7) is 4.70. The van der Waals surface area contributed by atoms with Crippen molar-refractivity contribution in [1.29, 1.82) is 0 Å². The Balaban J connectivity index is 1.58. The number of hydrogen-bond acceptors (Lipinski definition) is 5. The van der Waals surface area contributed by atoms with Gasteiger partial charge in [-0.3, -0.25) is 10.00 Å². The number of aromatic amines is 1. The molecule has 5 nitrogen and oxygen atoms in total. The third kappa shape index (κ3) is 2.89. The Kier molecular flexibility index (Phi) is 4.41. The minimum Gasteiger partial charge on any atom is -0.454 e. The molecule has 1 aromatic carbocycles. The molecule has 1 atom stereocenters. The van der Waals surface area contributed by atoms with Crippen LogP contribution in [-0.4, -0.2) is 46.5 Å². The van der Waals surface area contributed by atoms with Gasteiger partial charge < -0.3 is 9.47 Å². The first kappa shape index (κ1) is 15.8. The van der Waals surface area contributed by atoms with E-state index in [-0.39, 0.29) is 0 Å². The second-order valence-corrected chi connectivity index (χ2v) is 7.43. The number of H-pyrrole nitrogens is 1. The van der Waals surface area contributed by atoms with Gasteiger partial charge in [-0.25, -0.2) is 0 Å². The summed E-state index contributed by atoms with van der Waals surface area (Å²) in [5.41, 5.74) is 4.74. The summed E-state index contributed by atoms with van der Waals surface area (Å²) in [4.78, 5) is 2.57. The van der Waals surface area contributed by atoms with Crippen molar-refractivity contribution in [3.63, 3.8) is 0 Å². The van der Waals surface area contributed by atoms with Crippen LogP contribution < -0.4 is 9.47 Å². The molecule has 0 radical (unpaired) electrons. The van der Waals surface area contributed by atoms with Crippen molar-refractivity contribution in [2.45, 2.75) is 32.4 Å². The van der Waals surface area contributed by atoms with Gasteiger partial charge in [-0.05, 0) is 43.6 Å². The van der Waals surface area contributed by atoms with Crippen LogP contribution in [0.3, 0.4) is 0 Å². The van der Waals surface area contributed by atoms with Gasteiger partial charge in [0.25, 0.3) is 0 Å². The molecule has 0 saturated heterocycles. The first-order valence-electron chi connectivity index (χ1n) is 8.45. The number of benzene rings is 1. The molecule has 4 rings (SSSR count). The van der Waals surface area contributed by atoms with E-state index in [1.165, 1.54) is 23.4 Å². The second kappa shape index (κ2) is 6.69. The number of thioether (sulfide) groups is 1. The molecule has 128 valence electrons. The van der Waals surface area contributed by atoms with E-state index in [9.17, 15) is 0 Å². The average molecular weight is 345 g/mol. The summed E-state index contributed by atoms with van der Waals surface area (Å²) < 4.78 is 10.9. The predicted molar refractivity (Wildman–Crippen MR) is 96.7 cm³/mol. The van der Waals surface area contributed by atoms with Gasteiger partial charge in [0.1, 0.15) is 0 Å². The number of fused-ring (bicyclic) bond motifs is 2. The van der Waals surface area contributed by atoms with Gasteiger partial charge in [-0.1, -0.05) is 0 Å². The highest BCUT2D eigenvalue weighted by atomic mass is 32.2. The fraction of sp³-hybridized carbons (Fsp3) is 0.500. The Labute approximate surface area is 146 Å². The molecule has 1 N–H and O–H groups in total. The Hall–Kier alpha value is -1.66. The molecule has 24 heavy (non-hydrogen) atoms. The van der Waals surface area contributed by atoms with Gasteiger partial charge in [-0.2, -0.15) is 16.9 Å². The zero-order chi connectivity index (χ0) is 16.5. The minimum absolute atomic E-state index is 0.304. The molecule has 0 fully saturated rings. The maximum Gasteiger partial charge on any atom is 0.231 e. The van der Waals surface area contributed by atoms with E-state index in [1.807, 2.05) is 23.9 Å². The molecule has 3 heterocycles. The van der Waals surface area contributed by atoms with E-state index in [4.69, 9.17) is 9.47 Å². The summed E-state index contributed by atoms with van der Waals surface area (Å²) in [5.74, 6) is 2.84. The molecule has 0 spiro atoms. The molecular weight excluding hydrogens is 322 g/mol. The molecule has 2 aliphatic heterocycles. The van der Waals surface area contributed by atoms with E-state index >= 15 is 0 Å². The Morgan fingerprint density at radius 2 is 2.21 bits per heavy atom. The van der Waals surface area contributed by atoms with Crippen LogP contribution in [-0.2, 0) is 13.0 Å². The van der Waals surface area contributed by atoms with Crippen LogP contribution in [0.2, 0.25) is 0 Å². The van der Waals surface area contributed by atoms with E-state index in [0.29, 0.717) is 12.8 Å². The SMILES string of the molecule is CSCC[C@@H](C)N1CCc2[nH]nc(-c3ccc4c(c3)OCO4)c2C1. The van der Waals surface area contributed by atoms with Crippen LogP contribution >= 0.6 is 11.8 Å². The molecule has 6 heteroatoms.